The van der Waals surface area contributed by atoms with Crippen LogP contribution in [0.4, 0.5) is 0 Å². The third-order valence-corrected chi connectivity index (χ3v) is 4.46. The second-order valence-electron chi connectivity index (χ2n) is 6.04. The number of carbonyl (C=O) groups is 1. The summed E-state index contributed by atoms with van der Waals surface area (Å²) in [7, 11) is 1.74. The standard InChI is InChI=1S/C17H20N2O3/c1-19(10-12-5-3-7-14(12)20)17(22)13-6-2-4-11-8-9-15(21)18-16(11)13/h2,4,6,8-9,12,14,20H,3,5,7,10H2,1H3,(H,18,21). The summed E-state index contributed by atoms with van der Waals surface area (Å²) in [6.07, 6.45) is 2.46. The number of hydrogen-bond acceptors (Lipinski definition) is 3. The minimum Gasteiger partial charge on any atom is -0.393 e. The zero-order chi connectivity index (χ0) is 15.7. The molecule has 1 aromatic heterocycles. The van der Waals surface area contributed by atoms with Crippen LogP contribution in [0.5, 0.6) is 0 Å². The highest BCUT2D eigenvalue weighted by molar-refractivity contribution is 6.05. The summed E-state index contributed by atoms with van der Waals surface area (Å²) in [6.45, 7) is 0.535. The Kier molecular flexibility index (Phi) is 3.98. The number of aliphatic hydroxyl groups is 1. The van der Waals surface area contributed by atoms with Gasteiger partial charge in [-0.15, -0.1) is 0 Å². The fourth-order valence-electron chi connectivity index (χ4n) is 3.23. The van der Waals surface area contributed by atoms with Crippen molar-refractivity contribution in [2.45, 2.75) is 25.4 Å². The van der Waals surface area contributed by atoms with E-state index in [1.807, 2.05) is 12.1 Å². The molecule has 22 heavy (non-hydrogen) atoms. The van der Waals surface area contributed by atoms with Crippen LogP contribution in [0.25, 0.3) is 10.9 Å². The first-order chi connectivity index (χ1) is 10.6. The fourth-order valence-corrected chi connectivity index (χ4v) is 3.23. The molecule has 2 unspecified atom stereocenters. The molecule has 5 heteroatoms. The van der Waals surface area contributed by atoms with Crippen LogP contribution in [0.15, 0.2) is 35.1 Å². The van der Waals surface area contributed by atoms with Crippen LogP contribution in [0, 0.1) is 5.92 Å². The van der Waals surface area contributed by atoms with Crippen LogP contribution < -0.4 is 5.56 Å². The maximum atomic E-state index is 12.7. The number of H-pyrrole nitrogens is 1. The molecule has 1 heterocycles. The van der Waals surface area contributed by atoms with Crippen molar-refractivity contribution in [3.63, 3.8) is 0 Å². The van der Waals surface area contributed by atoms with Crippen LogP contribution in [-0.2, 0) is 0 Å². The van der Waals surface area contributed by atoms with E-state index in [0.29, 0.717) is 17.6 Å². The largest absolute Gasteiger partial charge is 0.393 e. The third kappa shape index (κ3) is 2.76. The molecule has 0 bridgehead atoms. The van der Waals surface area contributed by atoms with Gasteiger partial charge in [0, 0.05) is 25.6 Å². The Balaban J connectivity index is 1.88. The molecule has 0 spiro atoms. The average molecular weight is 300 g/mol. The number of fused-ring (bicyclic) bond motifs is 1. The van der Waals surface area contributed by atoms with Gasteiger partial charge in [0.15, 0.2) is 0 Å². The van der Waals surface area contributed by atoms with Gasteiger partial charge in [0.25, 0.3) is 5.91 Å². The molecule has 3 rings (SSSR count). The van der Waals surface area contributed by atoms with Crippen LogP contribution in [-0.4, -0.2) is 40.6 Å². The van der Waals surface area contributed by atoms with E-state index in [4.69, 9.17) is 0 Å². The van der Waals surface area contributed by atoms with E-state index < -0.39 is 0 Å². The van der Waals surface area contributed by atoms with Crippen molar-refractivity contribution in [1.29, 1.82) is 0 Å². The summed E-state index contributed by atoms with van der Waals surface area (Å²) in [5.74, 6) is 0.00882. The highest BCUT2D eigenvalue weighted by Gasteiger charge is 2.28. The van der Waals surface area contributed by atoms with Gasteiger partial charge in [0.05, 0.1) is 17.2 Å². The number of aliphatic hydroxyl groups excluding tert-OH is 1. The zero-order valence-electron chi connectivity index (χ0n) is 12.6. The van der Waals surface area contributed by atoms with Gasteiger partial charge >= 0.3 is 0 Å². The average Bonchev–Trinajstić information content (AvgIpc) is 2.91. The van der Waals surface area contributed by atoms with Crippen LogP contribution >= 0.6 is 0 Å². The summed E-state index contributed by atoms with van der Waals surface area (Å²) < 4.78 is 0. The summed E-state index contributed by atoms with van der Waals surface area (Å²) in [6, 6.07) is 8.57. The van der Waals surface area contributed by atoms with Gasteiger partial charge in [-0.1, -0.05) is 18.6 Å². The maximum Gasteiger partial charge on any atom is 0.255 e. The van der Waals surface area contributed by atoms with E-state index in [-0.39, 0.29) is 23.5 Å². The fraction of sp³-hybridized carbons (Fsp3) is 0.412. The van der Waals surface area contributed by atoms with Crippen molar-refractivity contribution < 1.29 is 9.90 Å². The van der Waals surface area contributed by atoms with E-state index in [1.54, 1.807) is 24.1 Å². The number of pyridine rings is 1. The molecule has 2 atom stereocenters. The first-order valence-corrected chi connectivity index (χ1v) is 7.62. The first kappa shape index (κ1) is 14.8. The minimum atomic E-state index is -0.317. The number of nitrogens with zero attached hydrogens (tertiary/aromatic N) is 1. The lowest BCUT2D eigenvalue weighted by Crippen LogP contribution is -2.34. The molecule has 1 fully saturated rings. The molecule has 2 aromatic rings. The van der Waals surface area contributed by atoms with E-state index in [0.717, 1.165) is 24.6 Å². The van der Waals surface area contributed by atoms with Gasteiger partial charge in [0.2, 0.25) is 5.56 Å². The van der Waals surface area contributed by atoms with Crippen molar-refractivity contribution in [1.82, 2.24) is 9.88 Å². The maximum absolute atomic E-state index is 12.7. The summed E-state index contributed by atoms with van der Waals surface area (Å²) >= 11 is 0. The van der Waals surface area contributed by atoms with Crippen molar-refractivity contribution in [3.05, 3.63) is 46.2 Å². The van der Waals surface area contributed by atoms with Gasteiger partial charge in [0.1, 0.15) is 0 Å². The van der Waals surface area contributed by atoms with E-state index in [9.17, 15) is 14.7 Å². The van der Waals surface area contributed by atoms with Crippen molar-refractivity contribution in [3.8, 4) is 0 Å². The molecule has 1 amide bonds. The van der Waals surface area contributed by atoms with Gasteiger partial charge in [-0.25, -0.2) is 0 Å². The Morgan fingerprint density at radius 1 is 1.32 bits per heavy atom. The number of carbonyl (C=O) groups excluding carboxylic acids is 1. The van der Waals surface area contributed by atoms with E-state index in [2.05, 4.69) is 4.98 Å². The number of hydrogen-bond donors (Lipinski definition) is 2. The molecule has 0 radical (unpaired) electrons. The monoisotopic (exact) mass is 300 g/mol. The van der Waals surface area contributed by atoms with Crippen molar-refractivity contribution in [2.24, 2.45) is 5.92 Å². The molecule has 1 aliphatic carbocycles. The Bertz CT molecular complexity index is 753. The SMILES string of the molecule is CN(CC1CCCC1O)C(=O)c1cccc2ccc(=O)[nH]c12. The molecule has 0 saturated heterocycles. The normalized spacial score (nSPS) is 21.2. The molecule has 0 aliphatic heterocycles. The number of rotatable bonds is 3. The number of amides is 1. The van der Waals surface area contributed by atoms with Crippen LogP contribution in [0.1, 0.15) is 29.6 Å². The lowest BCUT2D eigenvalue weighted by molar-refractivity contribution is 0.0695. The van der Waals surface area contributed by atoms with Crippen molar-refractivity contribution in [2.75, 3.05) is 13.6 Å². The van der Waals surface area contributed by atoms with Crippen LogP contribution in [0.3, 0.4) is 0 Å². The Morgan fingerprint density at radius 2 is 2.14 bits per heavy atom. The van der Waals surface area contributed by atoms with Gasteiger partial charge in [-0.2, -0.15) is 0 Å². The van der Waals surface area contributed by atoms with Gasteiger partial charge in [-0.05, 0) is 30.4 Å². The molecule has 1 aliphatic rings. The minimum absolute atomic E-state index is 0.133. The molecule has 2 N–H and O–H groups in total. The number of benzene rings is 1. The highest BCUT2D eigenvalue weighted by Crippen LogP contribution is 2.26. The van der Waals surface area contributed by atoms with E-state index >= 15 is 0 Å². The van der Waals surface area contributed by atoms with Crippen molar-refractivity contribution >= 4 is 16.8 Å². The Hall–Kier alpha value is -2.14. The topological polar surface area (TPSA) is 73.4 Å². The van der Waals surface area contributed by atoms with Crippen LogP contribution in [0.2, 0.25) is 0 Å². The highest BCUT2D eigenvalue weighted by atomic mass is 16.3. The Labute approximate surface area is 128 Å². The molecular formula is C17H20N2O3. The zero-order valence-corrected chi connectivity index (χ0v) is 12.6. The lowest BCUT2D eigenvalue weighted by atomic mass is 10.0. The molecule has 1 aromatic carbocycles. The lowest BCUT2D eigenvalue weighted by Gasteiger charge is -2.23. The summed E-state index contributed by atoms with van der Waals surface area (Å²) in [5, 5.41) is 10.7. The number of nitrogens with one attached hydrogen (secondary N) is 1. The molecule has 1 saturated carbocycles. The summed E-state index contributed by atoms with van der Waals surface area (Å²) in [5.41, 5.74) is 0.839. The van der Waals surface area contributed by atoms with Gasteiger partial charge in [-0.3, -0.25) is 9.59 Å². The number of aromatic amines is 1. The Morgan fingerprint density at radius 3 is 2.86 bits per heavy atom. The quantitative estimate of drug-likeness (QED) is 0.907. The number of para-hydroxylation sites is 1. The smallest absolute Gasteiger partial charge is 0.255 e. The number of aromatic nitrogens is 1. The third-order valence-electron chi connectivity index (χ3n) is 4.46. The van der Waals surface area contributed by atoms with E-state index in [1.165, 1.54) is 6.07 Å². The predicted molar refractivity (Wildman–Crippen MR) is 84.9 cm³/mol. The predicted octanol–water partition coefficient (Wildman–Crippen LogP) is 1.76. The summed E-state index contributed by atoms with van der Waals surface area (Å²) in [4.78, 5) is 28.6. The molecule has 116 valence electrons. The first-order valence-electron chi connectivity index (χ1n) is 7.62. The second kappa shape index (κ2) is 5.93. The molecular weight excluding hydrogens is 280 g/mol. The second-order valence-corrected chi connectivity index (χ2v) is 6.04. The molecule has 5 nitrogen and oxygen atoms in total. The van der Waals surface area contributed by atoms with Gasteiger partial charge < -0.3 is 15.0 Å².